The molecule has 1 aromatic carbocycles. The van der Waals surface area contributed by atoms with Crippen LogP contribution >= 0.6 is 11.5 Å². The molecule has 0 amide bonds. The molecule has 0 radical (unpaired) electrons. The van der Waals surface area contributed by atoms with Crippen LogP contribution in [0.15, 0.2) is 30.3 Å². The second-order valence-electron chi connectivity index (χ2n) is 4.68. The maximum Gasteiger partial charge on any atom is 0.240 e. The molecule has 0 bridgehead atoms. The number of anilines is 3. The minimum atomic E-state index is 0.685. The van der Waals surface area contributed by atoms with E-state index in [1.807, 2.05) is 30.3 Å². The van der Waals surface area contributed by atoms with Gasteiger partial charge in [0, 0.05) is 43.4 Å². The molecular formula is C13H17N5S. The fourth-order valence-corrected chi connectivity index (χ4v) is 2.72. The standard InChI is InChI=1S/C13H17N5S/c1-17-7-9-18(10-8-17)13-15-12(16-19-13)14-11-5-3-2-4-6-11/h2-6H,7-10H2,1H3,(H,14,16). The Morgan fingerprint density at radius 1 is 1.11 bits per heavy atom. The quantitative estimate of drug-likeness (QED) is 0.928. The number of hydrogen-bond acceptors (Lipinski definition) is 6. The lowest BCUT2D eigenvalue weighted by Gasteiger charge is -2.31. The number of nitrogens with zero attached hydrogens (tertiary/aromatic N) is 4. The van der Waals surface area contributed by atoms with Crippen molar-refractivity contribution in [1.29, 1.82) is 0 Å². The van der Waals surface area contributed by atoms with E-state index in [1.54, 1.807) is 0 Å². The van der Waals surface area contributed by atoms with Gasteiger partial charge in [-0.1, -0.05) is 18.2 Å². The van der Waals surface area contributed by atoms with Gasteiger partial charge in [0.25, 0.3) is 0 Å². The average Bonchev–Trinajstić information content (AvgIpc) is 2.89. The third-order valence-electron chi connectivity index (χ3n) is 3.22. The van der Waals surface area contributed by atoms with Gasteiger partial charge >= 0.3 is 0 Å². The van der Waals surface area contributed by atoms with Gasteiger partial charge in [0.05, 0.1) is 0 Å². The molecule has 0 aliphatic carbocycles. The third-order valence-corrected chi connectivity index (χ3v) is 4.00. The van der Waals surface area contributed by atoms with E-state index in [2.05, 4.69) is 31.5 Å². The largest absolute Gasteiger partial charge is 0.344 e. The van der Waals surface area contributed by atoms with E-state index in [0.29, 0.717) is 5.95 Å². The Bertz CT molecular complexity index is 519. The van der Waals surface area contributed by atoms with Crippen molar-refractivity contribution in [3.8, 4) is 0 Å². The van der Waals surface area contributed by atoms with Crippen LogP contribution in [0.5, 0.6) is 0 Å². The van der Waals surface area contributed by atoms with Gasteiger partial charge < -0.3 is 15.1 Å². The predicted molar refractivity (Wildman–Crippen MR) is 79.3 cm³/mol. The molecule has 2 heterocycles. The Morgan fingerprint density at radius 3 is 2.58 bits per heavy atom. The second kappa shape index (κ2) is 5.54. The van der Waals surface area contributed by atoms with Gasteiger partial charge in [-0.25, -0.2) is 0 Å². The van der Waals surface area contributed by atoms with Gasteiger partial charge in [0.1, 0.15) is 0 Å². The molecular weight excluding hydrogens is 258 g/mol. The second-order valence-corrected chi connectivity index (χ2v) is 5.41. The molecule has 0 atom stereocenters. The van der Waals surface area contributed by atoms with Gasteiger partial charge in [-0.05, 0) is 19.2 Å². The maximum absolute atomic E-state index is 4.56. The van der Waals surface area contributed by atoms with Crippen molar-refractivity contribution in [2.45, 2.75) is 0 Å². The number of likely N-dealkylation sites (N-methyl/N-ethyl adjacent to an activating group) is 1. The number of benzene rings is 1. The smallest absolute Gasteiger partial charge is 0.240 e. The Morgan fingerprint density at radius 2 is 1.84 bits per heavy atom. The Labute approximate surface area is 117 Å². The summed E-state index contributed by atoms with van der Waals surface area (Å²) in [5, 5.41) is 4.23. The minimum Gasteiger partial charge on any atom is -0.344 e. The van der Waals surface area contributed by atoms with Crippen molar-refractivity contribution in [2.24, 2.45) is 0 Å². The van der Waals surface area contributed by atoms with Crippen molar-refractivity contribution in [3.05, 3.63) is 30.3 Å². The molecule has 3 rings (SSSR count). The molecule has 1 fully saturated rings. The van der Waals surface area contributed by atoms with Crippen LogP contribution in [0, 0.1) is 0 Å². The summed E-state index contributed by atoms with van der Waals surface area (Å²) in [5.41, 5.74) is 1.02. The molecule has 100 valence electrons. The zero-order valence-corrected chi connectivity index (χ0v) is 11.7. The van der Waals surface area contributed by atoms with Gasteiger partial charge in [0.15, 0.2) is 0 Å². The summed E-state index contributed by atoms with van der Waals surface area (Å²) in [5.74, 6) is 0.685. The third kappa shape index (κ3) is 3.02. The molecule has 1 aliphatic heterocycles. The molecule has 5 nitrogen and oxygen atoms in total. The summed E-state index contributed by atoms with van der Waals surface area (Å²) >= 11 is 1.46. The minimum absolute atomic E-state index is 0.685. The molecule has 6 heteroatoms. The topological polar surface area (TPSA) is 44.3 Å². The van der Waals surface area contributed by atoms with E-state index >= 15 is 0 Å². The molecule has 0 unspecified atom stereocenters. The predicted octanol–water partition coefficient (Wildman–Crippen LogP) is 2.03. The number of aromatic nitrogens is 2. The van der Waals surface area contributed by atoms with E-state index < -0.39 is 0 Å². The molecule has 0 saturated carbocycles. The number of para-hydroxylation sites is 1. The summed E-state index contributed by atoms with van der Waals surface area (Å²) in [6, 6.07) is 10.0. The van der Waals surface area contributed by atoms with Crippen molar-refractivity contribution < 1.29 is 0 Å². The van der Waals surface area contributed by atoms with E-state index in [0.717, 1.165) is 37.0 Å². The van der Waals surface area contributed by atoms with Crippen LogP contribution in [0.3, 0.4) is 0 Å². The average molecular weight is 275 g/mol. The van der Waals surface area contributed by atoms with Gasteiger partial charge in [0.2, 0.25) is 11.1 Å². The van der Waals surface area contributed by atoms with E-state index in [9.17, 15) is 0 Å². The maximum atomic E-state index is 4.56. The Kier molecular flexibility index (Phi) is 3.61. The highest BCUT2D eigenvalue weighted by Gasteiger charge is 2.17. The highest BCUT2D eigenvalue weighted by molar-refractivity contribution is 7.09. The van der Waals surface area contributed by atoms with Crippen LogP contribution in [0.4, 0.5) is 16.8 Å². The Balaban J connectivity index is 1.66. The first-order valence-electron chi connectivity index (χ1n) is 6.40. The fourth-order valence-electron chi connectivity index (χ4n) is 2.04. The van der Waals surface area contributed by atoms with Crippen molar-refractivity contribution in [1.82, 2.24) is 14.3 Å². The van der Waals surface area contributed by atoms with Gasteiger partial charge in [-0.15, -0.1) is 0 Å². The monoisotopic (exact) mass is 275 g/mol. The first-order valence-corrected chi connectivity index (χ1v) is 7.18. The van der Waals surface area contributed by atoms with Crippen LogP contribution in [0.2, 0.25) is 0 Å². The lowest BCUT2D eigenvalue weighted by atomic mass is 10.3. The zero-order valence-electron chi connectivity index (χ0n) is 10.9. The first kappa shape index (κ1) is 12.4. The fraction of sp³-hybridized carbons (Fsp3) is 0.385. The number of rotatable bonds is 3. The van der Waals surface area contributed by atoms with Crippen LogP contribution in [-0.2, 0) is 0 Å². The summed E-state index contributed by atoms with van der Waals surface area (Å²) in [6.07, 6.45) is 0. The first-order chi connectivity index (χ1) is 9.31. The summed E-state index contributed by atoms with van der Waals surface area (Å²) < 4.78 is 4.37. The van der Waals surface area contributed by atoms with Gasteiger partial charge in [-0.3, -0.25) is 0 Å². The lowest BCUT2D eigenvalue weighted by molar-refractivity contribution is 0.313. The number of piperazine rings is 1. The molecule has 1 aliphatic rings. The molecule has 19 heavy (non-hydrogen) atoms. The summed E-state index contributed by atoms with van der Waals surface area (Å²) in [4.78, 5) is 9.19. The van der Waals surface area contributed by atoms with E-state index in [-0.39, 0.29) is 0 Å². The Hall–Kier alpha value is -1.66. The highest BCUT2D eigenvalue weighted by Crippen LogP contribution is 2.22. The van der Waals surface area contributed by atoms with Crippen molar-refractivity contribution in [3.63, 3.8) is 0 Å². The van der Waals surface area contributed by atoms with E-state index in [4.69, 9.17) is 0 Å². The van der Waals surface area contributed by atoms with Crippen LogP contribution in [0.1, 0.15) is 0 Å². The molecule has 0 spiro atoms. The number of nitrogens with one attached hydrogen (secondary N) is 1. The SMILES string of the molecule is CN1CCN(c2nc(Nc3ccccc3)ns2)CC1. The summed E-state index contributed by atoms with van der Waals surface area (Å²) in [6.45, 7) is 4.22. The van der Waals surface area contributed by atoms with Crippen LogP contribution in [-0.4, -0.2) is 47.5 Å². The van der Waals surface area contributed by atoms with Crippen molar-refractivity contribution >= 4 is 28.3 Å². The van der Waals surface area contributed by atoms with E-state index in [1.165, 1.54) is 11.5 Å². The zero-order chi connectivity index (χ0) is 13.1. The molecule has 1 saturated heterocycles. The molecule has 2 aromatic rings. The van der Waals surface area contributed by atoms with Gasteiger partial charge in [-0.2, -0.15) is 9.36 Å². The van der Waals surface area contributed by atoms with Crippen LogP contribution in [0.25, 0.3) is 0 Å². The summed E-state index contributed by atoms with van der Waals surface area (Å²) in [7, 11) is 2.15. The number of hydrogen-bond donors (Lipinski definition) is 1. The molecule has 1 N–H and O–H groups in total. The highest BCUT2D eigenvalue weighted by atomic mass is 32.1. The molecule has 1 aromatic heterocycles. The lowest BCUT2D eigenvalue weighted by Crippen LogP contribution is -2.44. The van der Waals surface area contributed by atoms with Crippen molar-refractivity contribution in [2.75, 3.05) is 43.4 Å². The van der Waals surface area contributed by atoms with Crippen LogP contribution < -0.4 is 10.2 Å². The normalized spacial score (nSPS) is 16.6.